The number of aryl methyl sites for hydroxylation is 1. The van der Waals surface area contributed by atoms with Gasteiger partial charge in [-0.05, 0) is 50.0 Å². The van der Waals surface area contributed by atoms with Gasteiger partial charge in [0, 0.05) is 11.6 Å². The van der Waals surface area contributed by atoms with Crippen molar-refractivity contribution in [1.29, 1.82) is 0 Å². The Morgan fingerprint density at radius 3 is 2.76 bits per heavy atom. The zero-order chi connectivity index (χ0) is 12.1. The minimum Gasteiger partial charge on any atom is -0.492 e. The Morgan fingerprint density at radius 2 is 2.06 bits per heavy atom. The first kappa shape index (κ1) is 12.7. The van der Waals surface area contributed by atoms with E-state index < -0.39 is 0 Å². The first-order valence-corrected chi connectivity index (χ1v) is 6.81. The molecule has 1 fully saturated rings. The Labute approximate surface area is 109 Å². The number of halogens is 1. The molecule has 1 heterocycles. The fraction of sp³-hybridized carbons (Fsp3) is 0.571. The van der Waals surface area contributed by atoms with Crippen LogP contribution < -0.4 is 4.74 Å². The van der Waals surface area contributed by atoms with Crippen LogP contribution in [-0.2, 0) is 6.42 Å². The second kappa shape index (κ2) is 6.27. The van der Waals surface area contributed by atoms with Crippen LogP contribution in [-0.4, -0.2) is 31.1 Å². The smallest absolute Gasteiger partial charge is 0.124 e. The normalized spacial score (nSPS) is 16.4. The lowest BCUT2D eigenvalue weighted by Gasteiger charge is -2.16. The van der Waals surface area contributed by atoms with Gasteiger partial charge in [-0.15, -0.1) is 0 Å². The molecule has 17 heavy (non-hydrogen) atoms. The van der Waals surface area contributed by atoms with Crippen LogP contribution in [0.1, 0.15) is 25.3 Å². The molecule has 0 N–H and O–H groups in total. The second-order valence-corrected chi connectivity index (χ2v) is 4.94. The molecule has 1 aromatic rings. The van der Waals surface area contributed by atoms with Gasteiger partial charge in [-0.2, -0.15) is 0 Å². The van der Waals surface area contributed by atoms with Gasteiger partial charge in [0.25, 0.3) is 0 Å². The van der Waals surface area contributed by atoms with Crippen LogP contribution in [0.2, 0.25) is 5.02 Å². The number of nitrogens with zero attached hydrogens (tertiary/aromatic N) is 1. The van der Waals surface area contributed by atoms with Crippen LogP contribution in [0.5, 0.6) is 5.75 Å². The third-order valence-electron chi connectivity index (χ3n) is 3.27. The van der Waals surface area contributed by atoms with Gasteiger partial charge in [0.15, 0.2) is 0 Å². The van der Waals surface area contributed by atoms with Crippen molar-refractivity contribution in [3.05, 3.63) is 28.8 Å². The number of likely N-dealkylation sites (tertiary alicyclic amines) is 1. The van der Waals surface area contributed by atoms with Crippen molar-refractivity contribution in [3.8, 4) is 5.75 Å². The van der Waals surface area contributed by atoms with Gasteiger partial charge in [0.2, 0.25) is 0 Å². The summed E-state index contributed by atoms with van der Waals surface area (Å²) in [5, 5.41) is 0.748. The van der Waals surface area contributed by atoms with Gasteiger partial charge in [-0.3, -0.25) is 4.90 Å². The monoisotopic (exact) mass is 253 g/mol. The largest absolute Gasteiger partial charge is 0.492 e. The molecule has 1 aliphatic rings. The maximum Gasteiger partial charge on any atom is 0.124 e. The van der Waals surface area contributed by atoms with E-state index in [0.717, 1.165) is 30.3 Å². The summed E-state index contributed by atoms with van der Waals surface area (Å²) in [4.78, 5) is 2.45. The van der Waals surface area contributed by atoms with E-state index in [1.807, 2.05) is 18.2 Å². The van der Waals surface area contributed by atoms with E-state index in [1.54, 1.807) is 0 Å². The summed E-state index contributed by atoms with van der Waals surface area (Å²) >= 11 is 5.99. The van der Waals surface area contributed by atoms with Crippen LogP contribution in [0.3, 0.4) is 0 Å². The number of hydrogen-bond acceptors (Lipinski definition) is 2. The molecule has 0 aromatic heterocycles. The van der Waals surface area contributed by atoms with E-state index in [4.69, 9.17) is 16.3 Å². The first-order chi connectivity index (χ1) is 8.29. The Morgan fingerprint density at radius 1 is 1.29 bits per heavy atom. The highest BCUT2D eigenvalue weighted by Crippen LogP contribution is 2.23. The van der Waals surface area contributed by atoms with E-state index in [2.05, 4.69) is 11.8 Å². The molecular formula is C14H20ClNO. The molecule has 0 bridgehead atoms. The average Bonchev–Trinajstić information content (AvgIpc) is 2.82. The second-order valence-electron chi connectivity index (χ2n) is 4.50. The van der Waals surface area contributed by atoms with Crippen LogP contribution >= 0.6 is 11.6 Å². The van der Waals surface area contributed by atoms with Crippen LogP contribution in [0.15, 0.2) is 18.2 Å². The molecule has 2 rings (SSSR count). The minimum atomic E-state index is 0.748. The Balaban J connectivity index is 1.86. The average molecular weight is 254 g/mol. The summed E-state index contributed by atoms with van der Waals surface area (Å²) in [6.07, 6.45) is 3.64. The Hall–Kier alpha value is -0.730. The summed E-state index contributed by atoms with van der Waals surface area (Å²) in [5.74, 6) is 0.944. The summed E-state index contributed by atoms with van der Waals surface area (Å²) in [6.45, 7) is 6.36. The van der Waals surface area contributed by atoms with Crippen LogP contribution in [0, 0.1) is 0 Å². The van der Waals surface area contributed by atoms with Crippen molar-refractivity contribution in [3.63, 3.8) is 0 Å². The van der Waals surface area contributed by atoms with Gasteiger partial charge in [-0.25, -0.2) is 0 Å². The Bertz CT molecular complexity index is 361. The van der Waals surface area contributed by atoms with Gasteiger partial charge < -0.3 is 4.74 Å². The van der Waals surface area contributed by atoms with Crippen molar-refractivity contribution in [2.75, 3.05) is 26.2 Å². The molecule has 0 spiro atoms. The predicted octanol–water partition coefficient (Wildman–Crippen LogP) is 3.38. The lowest BCUT2D eigenvalue weighted by Crippen LogP contribution is -2.25. The summed E-state index contributed by atoms with van der Waals surface area (Å²) in [6, 6.07) is 5.89. The van der Waals surface area contributed by atoms with Gasteiger partial charge >= 0.3 is 0 Å². The lowest BCUT2D eigenvalue weighted by atomic mass is 10.1. The van der Waals surface area contributed by atoms with E-state index >= 15 is 0 Å². The third kappa shape index (κ3) is 3.62. The Kier molecular flexibility index (Phi) is 4.69. The summed E-state index contributed by atoms with van der Waals surface area (Å²) in [7, 11) is 0. The molecular weight excluding hydrogens is 234 g/mol. The molecule has 0 unspecified atom stereocenters. The molecule has 1 aromatic carbocycles. The van der Waals surface area contributed by atoms with Gasteiger partial charge in [0.05, 0.1) is 0 Å². The molecule has 94 valence electrons. The molecule has 0 aliphatic carbocycles. The highest BCUT2D eigenvalue weighted by Gasteiger charge is 2.11. The fourth-order valence-corrected chi connectivity index (χ4v) is 2.41. The zero-order valence-electron chi connectivity index (χ0n) is 10.4. The lowest BCUT2D eigenvalue weighted by molar-refractivity contribution is 0.236. The molecule has 3 heteroatoms. The first-order valence-electron chi connectivity index (χ1n) is 6.43. The van der Waals surface area contributed by atoms with E-state index in [9.17, 15) is 0 Å². The summed E-state index contributed by atoms with van der Waals surface area (Å²) < 4.78 is 5.84. The summed E-state index contributed by atoms with van der Waals surface area (Å²) in [5.41, 5.74) is 1.23. The zero-order valence-corrected chi connectivity index (χ0v) is 11.2. The molecule has 0 atom stereocenters. The minimum absolute atomic E-state index is 0.748. The number of rotatable bonds is 5. The van der Waals surface area contributed by atoms with Crippen molar-refractivity contribution in [1.82, 2.24) is 4.90 Å². The van der Waals surface area contributed by atoms with Crippen LogP contribution in [0.4, 0.5) is 0 Å². The highest BCUT2D eigenvalue weighted by atomic mass is 35.5. The van der Waals surface area contributed by atoms with Crippen molar-refractivity contribution < 1.29 is 4.74 Å². The molecule has 0 radical (unpaired) electrons. The maximum atomic E-state index is 5.99. The standard InChI is InChI=1S/C14H20ClNO/c1-2-12-5-6-13(15)11-14(12)17-10-9-16-7-3-4-8-16/h5-6,11H,2-4,7-10H2,1H3. The van der Waals surface area contributed by atoms with Gasteiger partial charge in [0.1, 0.15) is 12.4 Å². The fourth-order valence-electron chi connectivity index (χ4n) is 2.25. The van der Waals surface area contributed by atoms with Gasteiger partial charge in [-0.1, -0.05) is 24.6 Å². The van der Waals surface area contributed by atoms with Crippen molar-refractivity contribution in [2.45, 2.75) is 26.2 Å². The number of benzene rings is 1. The number of hydrogen-bond donors (Lipinski definition) is 0. The van der Waals surface area contributed by atoms with E-state index in [0.29, 0.717) is 0 Å². The van der Waals surface area contributed by atoms with Crippen molar-refractivity contribution >= 4 is 11.6 Å². The van der Waals surface area contributed by atoms with Crippen molar-refractivity contribution in [2.24, 2.45) is 0 Å². The molecule has 0 amide bonds. The third-order valence-corrected chi connectivity index (χ3v) is 3.51. The van der Waals surface area contributed by atoms with E-state index in [-0.39, 0.29) is 0 Å². The predicted molar refractivity (Wildman–Crippen MR) is 72.0 cm³/mol. The maximum absolute atomic E-state index is 5.99. The molecule has 2 nitrogen and oxygen atoms in total. The molecule has 1 aliphatic heterocycles. The SMILES string of the molecule is CCc1ccc(Cl)cc1OCCN1CCCC1. The molecule has 1 saturated heterocycles. The quantitative estimate of drug-likeness (QED) is 0.798. The topological polar surface area (TPSA) is 12.5 Å². The van der Waals surface area contributed by atoms with Crippen LogP contribution in [0.25, 0.3) is 0 Å². The van der Waals surface area contributed by atoms with E-state index in [1.165, 1.54) is 31.5 Å². The number of ether oxygens (including phenoxy) is 1. The molecule has 0 saturated carbocycles. The highest BCUT2D eigenvalue weighted by molar-refractivity contribution is 6.30.